The zero-order valence-electron chi connectivity index (χ0n) is 8.93. The summed E-state index contributed by atoms with van der Waals surface area (Å²) in [5.41, 5.74) is 1.07. The summed E-state index contributed by atoms with van der Waals surface area (Å²) < 4.78 is 37.5. The van der Waals surface area contributed by atoms with E-state index in [1.54, 1.807) is 6.92 Å². The van der Waals surface area contributed by atoms with Crippen molar-refractivity contribution < 1.29 is 13.2 Å². The normalized spacial score (nSPS) is 16.2. The molecule has 0 aliphatic heterocycles. The van der Waals surface area contributed by atoms with Crippen molar-refractivity contribution in [1.82, 2.24) is 4.98 Å². The summed E-state index contributed by atoms with van der Waals surface area (Å²) in [7, 11) is 0. The molecule has 1 aliphatic carbocycles. The number of halogens is 3. The van der Waals surface area contributed by atoms with E-state index in [-0.39, 0.29) is 0 Å². The summed E-state index contributed by atoms with van der Waals surface area (Å²) in [6.45, 7) is 5.38. The Morgan fingerprint density at radius 3 is 2.44 bits per heavy atom. The van der Waals surface area contributed by atoms with Gasteiger partial charge in [0.25, 0.3) is 0 Å². The molecule has 4 heteroatoms. The molecule has 2 rings (SSSR count). The van der Waals surface area contributed by atoms with Gasteiger partial charge in [-0.2, -0.15) is 13.2 Å². The predicted octanol–water partition coefficient (Wildman–Crippen LogP) is 4.01. The van der Waals surface area contributed by atoms with Crippen molar-refractivity contribution in [3.05, 3.63) is 35.7 Å². The molecule has 0 spiro atoms. The molecule has 1 saturated carbocycles. The molecule has 0 aromatic carbocycles. The smallest absolute Gasteiger partial charge is 0.243 e. The number of hydrogen-bond acceptors (Lipinski definition) is 1. The predicted molar refractivity (Wildman–Crippen MR) is 55.9 cm³/mol. The van der Waals surface area contributed by atoms with Crippen LogP contribution in [0.25, 0.3) is 5.57 Å². The van der Waals surface area contributed by atoms with Crippen LogP contribution in [-0.2, 0) is 6.18 Å². The van der Waals surface area contributed by atoms with E-state index in [1.165, 1.54) is 6.07 Å². The summed E-state index contributed by atoms with van der Waals surface area (Å²) >= 11 is 0. The molecule has 86 valence electrons. The first-order valence-corrected chi connectivity index (χ1v) is 5.13. The first-order chi connectivity index (χ1) is 7.39. The largest absolute Gasteiger partial charge is 0.433 e. The Hall–Kier alpha value is -1.32. The lowest BCUT2D eigenvalue weighted by atomic mass is 10.0. The molecule has 0 saturated heterocycles. The Balaban J connectivity index is 2.47. The van der Waals surface area contributed by atoms with Gasteiger partial charge in [0, 0.05) is 0 Å². The van der Waals surface area contributed by atoms with E-state index in [9.17, 15) is 13.2 Å². The lowest BCUT2D eigenvalue weighted by Gasteiger charge is -2.11. The molecule has 1 aromatic heterocycles. The standard InChI is InChI=1S/C12H12F3N/c1-7(2)11-9(8-3-4-8)5-6-10(16-11)12(13,14)15/h5-6,8H,1,3-4H2,2H3. The van der Waals surface area contributed by atoms with Gasteiger partial charge in [0.15, 0.2) is 0 Å². The molecule has 1 fully saturated rings. The maximum atomic E-state index is 12.5. The number of rotatable bonds is 2. The van der Waals surface area contributed by atoms with Gasteiger partial charge in [-0.25, -0.2) is 4.98 Å². The first kappa shape index (κ1) is 11.2. The van der Waals surface area contributed by atoms with Gasteiger partial charge in [-0.3, -0.25) is 0 Å². The molecule has 0 atom stereocenters. The van der Waals surface area contributed by atoms with Gasteiger partial charge < -0.3 is 0 Å². The molecule has 16 heavy (non-hydrogen) atoms. The molecule has 1 aliphatic rings. The number of pyridine rings is 1. The first-order valence-electron chi connectivity index (χ1n) is 5.13. The van der Waals surface area contributed by atoms with E-state index in [4.69, 9.17) is 0 Å². The number of hydrogen-bond donors (Lipinski definition) is 0. The minimum atomic E-state index is -4.38. The third kappa shape index (κ3) is 2.10. The fraction of sp³-hybridized carbons (Fsp3) is 0.417. The number of alkyl halides is 3. The van der Waals surface area contributed by atoms with Crippen LogP contribution in [0, 0.1) is 0 Å². The second-order valence-electron chi connectivity index (χ2n) is 4.19. The fourth-order valence-electron chi connectivity index (χ4n) is 1.69. The van der Waals surface area contributed by atoms with Gasteiger partial charge in [0.1, 0.15) is 5.69 Å². The zero-order valence-corrected chi connectivity index (χ0v) is 8.93. The number of nitrogens with zero attached hydrogens (tertiary/aromatic N) is 1. The minimum Gasteiger partial charge on any atom is -0.243 e. The molecule has 1 nitrogen and oxygen atoms in total. The van der Waals surface area contributed by atoms with Crippen molar-refractivity contribution >= 4 is 5.57 Å². The monoisotopic (exact) mass is 227 g/mol. The SMILES string of the molecule is C=C(C)c1nc(C(F)(F)F)ccc1C1CC1. The Morgan fingerprint density at radius 1 is 1.38 bits per heavy atom. The van der Waals surface area contributed by atoms with Crippen molar-refractivity contribution in [2.75, 3.05) is 0 Å². The Bertz CT molecular complexity index is 430. The Morgan fingerprint density at radius 2 is 2.00 bits per heavy atom. The maximum absolute atomic E-state index is 12.5. The lowest BCUT2D eigenvalue weighted by molar-refractivity contribution is -0.141. The molecule has 1 aromatic rings. The molecular formula is C12H12F3N. The highest BCUT2D eigenvalue weighted by Gasteiger charge is 2.34. The summed E-state index contributed by atoms with van der Waals surface area (Å²) in [6.07, 6.45) is -2.31. The number of allylic oxidation sites excluding steroid dienone is 1. The van der Waals surface area contributed by atoms with E-state index in [1.807, 2.05) is 0 Å². The van der Waals surface area contributed by atoms with Gasteiger partial charge in [0.05, 0.1) is 5.69 Å². The van der Waals surface area contributed by atoms with E-state index in [2.05, 4.69) is 11.6 Å². The molecule has 0 N–H and O–H groups in total. The van der Waals surface area contributed by atoms with Crippen LogP contribution in [0.5, 0.6) is 0 Å². The molecular weight excluding hydrogens is 215 g/mol. The maximum Gasteiger partial charge on any atom is 0.433 e. The second-order valence-corrected chi connectivity index (χ2v) is 4.19. The number of aromatic nitrogens is 1. The van der Waals surface area contributed by atoms with Crippen LogP contribution >= 0.6 is 0 Å². The fourth-order valence-corrected chi connectivity index (χ4v) is 1.69. The van der Waals surface area contributed by atoms with Gasteiger partial charge in [-0.05, 0) is 42.9 Å². The van der Waals surface area contributed by atoms with Crippen LogP contribution in [0.4, 0.5) is 13.2 Å². The molecule has 0 radical (unpaired) electrons. The quantitative estimate of drug-likeness (QED) is 0.743. The van der Waals surface area contributed by atoms with Crippen molar-refractivity contribution in [2.45, 2.75) is 31.9 Å². The summed E-state index contributed by atoms with van der Waals surface area (Å²) in [5.74, 6) is 0.376. The third-order valence-electron chi connectivity index (χ3n) is 2.64. The van der Waals surface area contributed by atoms with Crippen LogP contribution in [0.2, 0.25) is 0 Å². The van der Waals surface area contributed by atoms with E-state index in [0.717, 1.165) is 24.5 Å². The average molecular weight is 227 g/mol. The van der Waals surface area contributed by atoms with E-state index < -0.39 is 11.9 Å². The summed E-state index contributed by atoms with van der Waals surface area (Å²) in [5, 5.41) is 0. The molecule has 0 unspecified atom stereocenters. The topological polar surface area (TPSA) is 12.9 Å². The van der Waals surface area contributed by atoms with Crippen LogP contribution in [0.3, 0.4) is 0 Å². The highest BCUT2D eigenvalue weighted by Crippen LogP contribution is 2.43. The molecule has 1 heterocycles. The lowest BCUT2D eigenvalue weighted by Crippen LogP contribution is -2.10. The molecule has 0 bridgehead atoms. The third-order valence-corrected chi connectivity index (χ3v) is 2.64. The summed E-state index contributed by atoms with van der Waals surface area (Å²) in [6, 6.07) is 2.59. The highest BCUT2D eigenvalue weighted by atomic mass is 19.4. The van der Waals surface area contributed by atoms with Gasteiger partial charge in [-0.15, -0.1) is 0 Å². The zero-order chi connectivity index (χ0) is 11.9. The Kier molecular flexibility index (Phi) is 2.52. The highest BCUT2D eigenvalue weighted by molar-refractivity contribution is 5.62. The van der Waals surface area contributed by atoms with Gasteiger partial charge in [0.2, 0.25) is 0 Å². The van der Waals surface area contributed by atoms with E-state index in [0.29, 0.717) is 17.2 Å². The van der Waals surface area contributed by atoms with Crippen LogP contribution in [0.1, 0.15) is 42.6 Å². The van der Waals surface area contributed by atoms with Crippen LogP contribution in [-0.4, -0.2) is 4.98 Å². The van der Waals surface area contributed by atoms with Crippen molar-refractivity contribution in [1.29, 1.82) is 0 Å². The minimum absolute atomic E-state index is 0.376. The van der Waals surface area contributed by atoms with Crippen molar-refractivity contribution in [3.63, 3.8) is 0 Å². The van der Waals surface area contributed by atoms with Crippen LogP contribution < -0.4 is 0 Å². The van der Waals surface area contributed by atoms with Crippen LogP contribution in [0.15, 0.2) is 18.7 Å². The van der Waals surface area contributed by atoms with Gasteiger partial charge in [-0.1, -0.05) is 12.6 Å². The van der Waals surface area contributed by atoms with Gasteiger partial charge >= 0.3 is 6.18 Å². The van der Waals surface area contributed by atoms with Crippen molar-refractivity contribution in [3.8, 4) is 0 Å². The second kappa shape index (κ2) is 3.61. The average Bonchev–Trinajstić information content (AvgIpc) is 2.98. The van der Waals surface area contributed by atoms with E-state index >= 15 is 0 Å². The Labute approximate surface area is 92.0 Å². The molecule has 0 amide bonds. The summed E-state index contributed by atoms with van der Waals surface area (Å²) in [4.78, 5) is 3.68. The van der Waals surface area contributed by atoms with Crippen molar-refractivity contribution in [2.24, 2.45) is 0 Å².